The molecule has 0 aromatic rings. The van der Waals surface area contributed by atoms with E-state index in [2.05, 4.69) is 5.32 Å². The highest BCUT2D eigenvalue weighted by Gasteiger charge is 2.32. The molecule has 0 aromatic heterocycles. The lowest BCUT2D eigenvalue weighted by Crippen LogP contribution is -2.48. The zero-order valence-electron chi connectivity index (χ0n) is 11.8. The molecule has 0 aromatic carbocycles. The van der Waals surface area contributed by atoms with Crippen LogP contribution in [-0.4, -0.2) is 35.8 Å². The van der Waals surface area contributed by atoms with Crippen LogP contribution < -0.4 is 5.32 Å². The highest BCUT2D eigenvalue weighted by Crippen LogP contribution is 2.14. The summed E-state index contributed by atoms with van der Waals surface area (Å²) in [5.41, 5.74) is 1.19. The van der Waals surface area contributed by atoms with Crippen molar-refractivity contribution < 1.29 is 9.59 Å². The third-order valence-corrected chi connectivity index (χ3v) is 3.44. The lowest BCUT2D eigenvalue weighted by atomic mass is 9.98. The minimum atomic E-state index is -0.365. The summed E-state index contributed by atoms with van der Waals surface area (Å²) in [5, 5.41) is 2.85. The van der Waals surface area contributed by atoms with Crippen LogP contribution in [-0.2, 0) is 9.59 Å². The van der Waals surface area contributed by atoms with Gasteiger partial charge >= 0.3 is 0 Å². The second-order valence-electron chi connectivity index (χ2n) is 5.25. The van der Waals surface area contributed by atoms with Crippen molar-refractivity contribution in [3.05, 3.63) is 11.6 Å². The first-order valence-corrected chi connectivity index (χ1v) is 6.67. The molecule has 1 N–H and O–H groups in total. The van der Waals surface area contributed by atoms with Crippen LogP contribution in [0.3, 0.4) is 0 Å². The van der Waals surface area contributed by atoms with Crippen molar-refractivity contribution in [1.82, 2.24) is 10.2 Å². The third kappa shape index (κ3) is 3.86. The van der Waals surface area contributed by atoms with Crippen molar-refractivity contribution in [3.8, 4) is 0 Å². The predicted octanol–water partition coefficient (Wildman–Crippen LogP) is 1.72. The van der Waals surface area contributed by atoms with E-state index < -0.39 is 0 Å². The number of hydrogen-bond donors (Lipinski definition) is 1. The van der Waals surface area contributed by atoms with Gasteiger partial charge in [0.2, 0.25) is 11.8 Å². The monoisotopic (exact) mass is 252 g/mol. The van der Waals surface area contributed by atoms with Crippen LogP contribution in [0.4, 0.5) is 0 Å². The zero-order valence-corrected chi connectivity index (χ0v) is 11.8. The van der Waals surface area contributed by atoms with Crippen LogP contribution in [0.5, 0.6) is 0 Å². The van der Waals surface area contributed by atoms with Gasteiger partial charge in [-0.2, -0.15) is 0 Å². The fourth-order valence-corrected chi connectivity index (χ4v) is 1.95. The van der Waals surface area contributed by atoms with E-state index in [1.807, 2.05) is 33.8 Å². The average Bonchev–Trinajstić information content (AvgIpc) is 2.46. The maximum Gasteiger partial charge on any atom is 0.245 e. The molecule has 0 aliphatic carbocycles. The van der Waals surface area contributed by atoms with Gasteiger partial charge in [-0.3, -0.25) is 9.59 Å². The van der Waals surface area contributed by atoms with E-state index in [0.29, 0.717) is 19.5 Å². The van der Waals surface area contributed by atoms with E-state index >= 15 is 0 Å². The molecule has 18 heavy (non-hydrogen) atoms. The molecule has 1 aliphatic heterocycles. The molecular formula is C14H24N2O2. The van der Waals surface area contributed by atoms with Gasteiger partial charge in [0.05, 0.1) is 0 Å². The Morgan fingerprint density at radius 3 is 2.72 bits per heavy atom. The number of rotatable bonds is 4. The third-order valence-electron chi connectivity index (χ3n) is 3.44. The summed E-state index contributed by atoms with van der Waals surface area (Å²) < 4.78 is 0. The fourth-order valence-electron chi connectivity index (χ4n) is 1.95. The molecule has 0 saturated carbocycles. The molecule has 0 radical (unpaired) electrons. The summed E-state index contributed by atoms with van der Waals surface area (Å²) in [5.74, 6) is 0.204. The molecule has 0 spiro atoms. The van der Waals surface area contributed by atoms with Gasteiger partial charge in [-0.05, 0) is 19.8 Å². The number of carbonyl (C=O) groups is 2. The van der Waals surface area contributed by atoms with Crippen molar-refractivity contribution in [3.63, 3.8) is 0 Å². The van der Waals surface area contributed by atoms with Crippen molar-refractivity contribution in [2.75, 3.05) is 13.1 Å². The number of carbonyl (C=O) groups excluding carboxylic acids is 2. The second kappa shape index (κ2) is 6.57. The van der Waals surface area contributed by atoms with Crippen molar-refractivity contribution in [2.24, 2.45) is 5.92 Å². The molecule has 1 saturated heterocycles. The number of allylic oxidation sites excluding steroid dienone is 1. The molecule has 2 unspecified atom stereocenters. The van der Waals surface area contributed by atoms with Crippen molar-refractivity contribution in [1.29, 1.82) is 0 Å². The minimum Gasteiger partial charge on any atom is -0.344 e. The number of nitrogens with zero attached hydrogens (tertiary/aromatic N) is 1. The van der Waals surface area contributed by atoms with E-state index in [9.17, 15) is 9.59 Å². The quantitative estimate of drug-likeness (QED) is 0.774. The summed E-state index contributed by atoms with van der Waals surface area (Å²) in [7, 11) is 0. The molecule has 4 heteroatoms. The van der Waals surface area contributed by atoms with Crippen molar-refractivity contribution in [2.45, 2.75) is 46.6 Å². The Kier molecular flexibility index (Phi) is 5.38. The lowest BCUT2D eigenvalue weighted by Gasteiger charge is -2.26. The van der Waals surface area contributed by atoms with Gasteiger partial charge in [-0.25, -0.2) is 0 Å². The first kappa shape index (κ1) is 14.7. The normalized spacial score (nSPS) is 22.2. The van der Waals surface area contributed by atoms with E-state index in [-0.39, 0.29) is 23.8 Å². The summed E-state index contributed by atoms with van der Waals surface area (Å²) in [6.07, 6.45) is 3.31. The Morgan fingerprint density at radius 1 is 1.50 bits per heavy atom. The summed E-state index contributed by atoms with van der Waals surface area (Å²) >= 11 is 0. The largest absolute Gasteiger partial charge is 0.344 e. The molecule has 1 heterocycles. The van der Waals surface area contributed by atoms with E-state index in [1.165, 1.54) is 5.57 Å². The van der Waals surface area contributed by atoms with Gasteiger partial charge in [0.25, 0.3) is 0 Å². The summed E-state index contributed by atoms with van der Waals surface area (Å²) in [6.45, 7) is 9.18. The average molecular weight is 252 g/mol. The fraction of sp³-hybridized carbons (Fsp3) is 0.714. The van der Waals surface area contributed by atoms with Crippen LogP contribution >= 0.6 is 0 Å². The first-order chi connectivity index (χ1) is 8.45. The van der Waals surface area contributed by atoms with E-state index in [1.54, 1.807) is 4.90 Å². The summed E-state index contributed by atoms with van der Waals surface area (Å²) in [6, 6.07) is -0.365. The Morgan fingerprint density at radius 2 is 2.17 bits per heavy atom. The molecule has 1 fully saturated rings. The van der Waals surface area contributed by atoms with Gasteiger partial charge < -0.3 is 10.2 Å². The number of amides is 2. The molecule has 1 rings (SSSR count). The van der Waals surface area contributed by atoms with E-state index in [4.69, 9.17) is 0 Å². The van der Waals surface area contributed by atoms with Gasteiger partial charge in [0, 0.05) is 19.5 Å². The SMILES string of the molecule is CCC(C)C1NC(=O)CCN(CC=C(C)C)C1=O. The first-order valence-electron chi connectivity index (χ1n) is 6.67. The molecule has 2 amide bonds. The Labute approximate surface area is 109 Å². The van der Waals surface area contributed by atoms with Crippen LogP contribution in [0.2, 0.25) is 0 Å². The molecule has 1 aliphatic rings. The second-order valence-corrected chi connectivity index (χ2v) is 5.25. The molecule has 2 atom stereocenters. The van der Waals surface area contributed by atoms with Gasteiger partial charge in [0.1, 0.15) is 6.04 Å². The van der Waals surface area contributed by atoms with Crippen molar-refractivity contribution >= 4 is 11.8 Å². The molecule has 102 valence electrons. The Bertz CT molecular complexity index is 346. The molecule has 0 bridgehead atoms. The number of nitrogens with one attached hydrogen (secondary N) is 1. The Hall–Kier alpha value is -1.32. The summed E-state index contributed by atoms with van der Waals surface area (Å²) in [4.78, 5) is 25.8. The van der Waals surface area contributed by atoms with Crippen LogP contribution in [0.15, 0.2) is 11.6 Å². The highest BCUT2D eigenvalue weighted by atomic mass is 16.2. The maximum atomic E-state index is 12.4. The van der Waals surface area contributed by atoms with Crippen LogP contribution in [0.1, 0.15) is 40.5 Å². The number of hydrogen-bond acceptors (Lipinski definition) is 2. The van der Waals surface area contributed by atoms with Gasteiger partial charge in [0.15, 0.2) is 0 Å². The van der Waals surface area contributed by atoms with Gasteiger partial charge in [-0.1, -0.05) is 31.9 Å². The zero-order chi connectivity index (χ0) is 13.7. The van der Waals surface area contributed by atoms with E-state index in [0.717, 1.165) is 6.42 Å². The smallest absolute Gasteiger partial charge is 0.245 e. The van der Waals surface area contributed by atoms with Gasteiger partial charge in [-0.15, -0.1) is 0 Å². The standard InChI is InChI=1S/C14H24N2O2/c1-5-11(4)13-14(18)16(8-6-10(2)3)9-7-12(17)15-13/h6,11,13H,5,7-9H2,1-4H3,(H,15,17). The van der Waals surface area contributed by atoms with Crippen LogP contribution in [0.25, 0.3) is 0 Å². The lowest BCUT2D eigenvalue weighted by molar-refractivity contribution is -0.134. The minimum absolute atomic E-state index is 0.0200. The topological polar surface area (TPSA) is 49.4 Å². The molecular weight excluding hydrogens is 228 g/mol. The highest BCUT2D eigenvalue weighted by molar-refractivity contribution is 5.90. The Balaban J connectivity index is 2.82. The molecule has 4 nitrogen and oxygen atoms in total. The van der Waals surface area contributed by atoms with Crippen LogP contribution in [0, 0.1) is 5.92 Å². The maximum absolute atomic E-state index is 12.4. The predicted molar refractivity (Wildman–Crippen MR) is 72.0 cm³/mol.